The van der Waals surface area contributed by atoms with Gasteiger partial charge in [-0.3, -0.25) is 0 Å². The molecule has 0 aliphatic carbocycles. The van der Waals surface area contributed by atoms with E-state index in [0.29, 0.717) is 11.4 Å². The first-order valence-electron chi connectivity index (χ1n) is 3.73. The van der Waals surface area contributed by atoms with Crippen LogP contribution >= 0.6 is 0 Å². The van der Waals surface area contributed by atoms with Gasteiger partial charge in [-0.1, -0.05) is 0 Å². The molecule has 0 radical (unpaired) electrons. The van der Waals surface area contributed by atoms with Gasteiger partial charge in [0.25, 0.3) is 0 Å². The largest absolute Gasteiger partial charge is 0.479 e. The minimum Gasteiger partial charge on any atom is -0.479 e. The quantitative estimate of drug-likeness (QED) is 0.683. The minimum atomic E-state index is -1.54. The molecule has 0 bridgehead atoms. The van der Waals surface area contributed by atoms with Gasteiger partial charge in [0.1, 0.15) is 6.33 Å². The van der Waals surface area contributed by atoms with Gasteiger partial charge in [-0.25, -0.2) is 14.8 Å². The van der Waals surface area contributed by atoms with Crippen molar-refractivity contribution >= 4 is 5.97 Å². The molecule has 0 aromatic carbocycles. The highest BCUT2D eigenvalue weighted by Gasteiger charge is 2.21. The third kappa shape index (κ3) is 1.81. The molecule has 2 N–H and O–H groups in total. The van der Waals surface area contributed by atoms with Crippen molar-refractivity contribution in [3.05, 3.63) is 23.3 Å². The third-order valence-corrected chi connectivity index (χ3v) is 1.79. The van der Waals surface area contributed by atoms with Gasteiger partial charge >= 0.3 is 5.97 Å². The van der Waals surface area contributed by atoms with E-state index in [-0.39, 0.29) is 5.56 Å². The maximum atomic E-state index is 10.5. The highest BCUT2D eigenvalue weighted by Crippen LogP contribution is 2.18. The molecule has 1 aromatic heterocycles. The van der Waals surface area contributed by atoms with Crippen molar-refractivity contribution in [3.8, 4) is 0 Å². The zero-order chi connectivity index (χ0) is 10.0. The van der Waals surface area contributed by atoms with Crippen LogP contribution in [-0.4, -0.2) is 26.2 Å². The van der Waals surface area contributed by atoms with Crippen LogP contribution in [0.3, 0.4) is 0 Å². The van der Waals surface area contributed by atoms with Gasteiger partial charge in [-0.2, -0.15) is 0 Å². The molecule has 1 heterocycles. The van der Waals surface area contributed by atoms with Gasteiger partial charge < -0.3 is 10.2 Å². The fourth-order valence-electron chi connectivity index (χ4n) is 1.12. The number of nitrogens with zero attached hydrogens (tertiary/aromatic N) is 2. The van der Waals surface area contributed by atoms with Crippen LogP contribution in [0.5, 0.6) is 0 Å². The first-order valence-corrected chi connectivity index (χ1v) is 3.73. The smallest absolute Gasteiger partial charge is 0.337 e. The van der Waals surface area contributed by atoms with E-state index in [9.17, 15) is 9.90 Å². The van der Waals surface area contributed by atoms with E-state index in [0.717, 1.165) is 0 Å². The Morgan fingerprint density at radius 1 is 1.38 bits per heavy atom. The van der Waals surface area contributed by atoms with E-state index in [2.05, 4.69) is 9.97 Å². The highest BCUT2D eigenvalue weighted by atomic mass is 16.4. The average Bonchev–Trinajstić information content (AvgIpc) is 2.03. The zero-order valence-electron chi connectivity index (χ0n) is 7.35. The molecule has 0 fully saturated rings. The molecule has 0 amide bonds. The maximum Gasteiger partial charge on any atom is 0.337 e. The van der Waals surface area contributed by atoms with Crippen LogP contribution in [0.2, 0.25) is 0 Å². The van der Waals surface area contributed by atoms with Crippen molar-refractivity contribution < 1.29 is 15.0 Å². The second-order valence-electron chi connectivity index (χ2n) is 2.70. The fourth-order valence-corrected chi connectivity index (χ4v) is 1.12. The summed E-state index contributed by atoms with van der Waals surface area (Å²) in [4.78, 5) is 18.1. The number of hydrogen-bond acceptors (Lipinski definition) is 4. The van der Waals surface area contributed by atoms with E-state index < -0.39 is 12.1 Å². The number of aliphatic carboxylic acids is 1. The van der Waals surface area contributed by atoms with Crippen molar-refractivity contribution in [2.45, 2.75) is 20.0 Å². The summed E-state index contributed by atoms with van der Waals surface area (Å²) in [5.41, 5.74) is 1.25. The molecule has 0 spiro atoms. The molecular formula is C8H10N2O3. The van der Waals surface area contributed by atoms with Crippen LogP contribution in [0.1, 0.15) is 23.1 Å². The lowest BCUT2D eigenvalue weighted by molar-refractivity contribution is -0.147. The second-order valence-corrected chi connectivity index (χ2v) is 2.70. The van der Waals surface area contributed by atoms with Crippen LogP contribution in [0.15, 0.2) is 6.33 Å². The van der Waals surface area contributed by atoms with E-state index in [1.807, 2.05) is 0 Å². The Balaban J connectivity index is 3.20. The molecule has 1 unspecified atom stereocenters. The number of carbonyl (C=O) groups is 1. The first-order chi connectivity index (χ1) is 6.04. The van der Waals surface area contributed by atoms with Crippen molar-refractivity contribution in [3.63, 3.8) is 0 Å². The number of carboxylic acids is 1. The van der Waals surface area contributed by atoms with Gasteiger partial charge in [-0.05, 0) is 13.8 Å². The van der Waals surface area contributed by atoms with Crippen LogP contribution in [0.4, 0.5) is 0 Å². The van der Waals surface area contributed by atoms with Crippen molar-refractivity contribution in [1.29, 1.82) is 0 Å². The molecule has 1 aromatic rings. The molecule has 0 saturated carbocycles. The summed E-state index contributed by atoms with van der Waals surface area (Å²) in [5.74, 6) is -1.29. The number of carboxylic acid groups (broad SMARTS) is 1. The second kappa shape index (κ2) is 3.49. The Labute approximate surface area is 75.1 Å². The summed E-state index contributed by atoms with van der Waals surface area (Å²) < 4.78 is 0. The SMILES string of the molecule is Cc1ncnc(C)c1C(O)C(=O)O. The summed E-state index contributed by atoms with van der Waals surface area (Å²) in [6.07, 6.45) is -0.205. The molecule has 13 heavy (non-hydrogen) atoms. The Kier molecular flexibility index (Phi) is 2.57. The Hall–Kier alpha value is -1.49. The van der Waals surface area contributed by atoms with Crippen molar-refractivity contribution in [2.24, 2.45) is 0 Å². The standard InChI is InChI=1S/C8H10N2O3/c1-4-6(7(11)8(12)13)5(2)10-3-9-4/h3,7,11H,1-2H3,(H,12,13). The average molecular weight is 182 g/mol. The predicted octanol–water partition coefficient (Wildman–Crippen LogP) is 0.211. The van der Waals surface area contributed by atoms with Gasteiger partial charge in [0.05, 0.1) is 0 Å². The summed E-state index contributed by atoms with van der Waals surface area (Å²) in [7, 11) is 0. The van der Waals surface area contributed by atoms with Crippen LogP contribution in [0.25, 0.3) is 0 Å². The van der Waals surface area contributed by atoms with E-state index in [4.69, 9.17) is 5.11 Å². The number of aliphatic hydroxyl groups is 1. The Morgan fingerprint density at radius 2 is 1.85 bits per heavy atom. The topological polar surface area (TPSA) is 83.3 Å². The summed E-state index contributed by atoms with van der Waals surface area (Å²) in [6, 6.07) is 0. The summed E-state index contributed by atoms with van der Waals surface area (Å²) in [5, 5.41) is 17.9. The van der Waals surface area contributed by atoms with E-state index in [1.54, 1.807) is 13.8 Å². The summed E-state index contributed by atoms with van der Waals surface area (Å²) >= 11 is 0. The Morgan fingerprint density at radius 3 is 2.23 bits per heavy atom. The molecule has 0 aliphatic rings. The molecule has 0 aliphatic heterocycles. The molecule has 70 valence electrons. The molecule has 1 atom stereocenters. The van der Waals surface area contributed by atoms with Gasteiger partial charge in [0, 0.05) is 17.0 Å². The molecule has 0 saturated heterocycles. The van der Waals surface area contributed by atoms with Gasteiger partial charge in [-0.15, -0.1) is 0 Å². The molecule has 1 rings (SSSR count). The van der Waals surface area contributed by atoms with Crippen LogP contribution < -0.4 is 0 Å². The lowest BCUT2D eigenvalue weighted by atomic mass is 10.1. The van der Waals surface area contributed by atoms with Crippen LogP contribution in [-0.2, 0) is 4.79 Å². The van der Waals surface area contributed by atoms with Crippen molar-refractivity contribution in [2.75, 3.05) is 0 Å². The van der Waals surface area contributed by atoms with E-state index in [1.165, 1.54) is 6.33 Å². The third-order valence-electron chi connectivity index (χ3n) is 1.79. The fraction of sp³-hybridized carbons (Fsp3) is 0.375. The van der Waals surface area contributed by atoms with E-state index >= 15 is 0 Å². The van der Waals surface area contributed by atoms with Crippen molar-refractivity contribution in [1.82, 2.24) is 9.97 Å². The lowest BCUT2D eigenvalue weighted by Crippen LogP contribution is -2.14. The number of aliphatic hydroxyl groups excluding tert-OH is 1. The monoisotopic (exact) mass is 182 g/mol. The predicted molar refractivity (Wildman–Crippen MR) is 44.1 cm³/mol. The first kappa shape index (κ1) is 9.60. The lowest BCUT2D eigenvalue weighted by Gasteiger charge is -2.10. The summed E-state index contributed by atoms with van der Waals surface area (Å²) in [6.45, 7) is 3.27. The number of hydrogen-bond donors (Lipinski definition) is 2. The molecular weight excluding hydrogens is 172 g/mol. The zero-order valence-corrected chi connectivity index (χ0v) is 7.35. The number of aromatic nitrogens is 2. The normalized spacial score (nSPS) is 12.5. The number of rotatable bonds is 2. The molecule has 5 heteroatoms. The number of aryl methyl sites for hydroxylation is 2. The van der Waals surface area contributed by atoms with Crippen LogP contribution in [0, 0.1) is 13.8 Å². The Bertz CT molecular complexity index is 318. The molecule has 5 nitrogen and oxygen atoms in total. The highest BCUT2D eigenvalue weighted by molar-refractivity contribution is 5.74. The van der Waals surface area contributed by atoms with Gasteiger partial charge in [0.2, 0.25) is 0 Å². The maximum absolute atomic E-state index is 10.5. The van der Waals surface area contributed by atoms with Gasteiger partial charge in [0.15, 0.2) is 6.10 Å². The minimum absolute atomic E-state index is 0.273.